The van der Waals surface area contributed by atoms with Gasteiger partial charge in [0.2, 0.25) is 0 Å². The fourth-order valence-electron chi connectivity index (χ4n) is 4.16. The molecule has 9 heteroatoms. The number of hydrogen-bond donors (Lipinski definition) is 1. The molecule has 40 heavy (non-hydrogen) atoms. The van der Waals surface area contributed by atoms with Crippen LogP contribution in [-0.4, -0.2) is 17.8 Å². The minimum absolute atomic E-state index is 0.0485. The summed E-state index contributed by atoms with van der Waals surface area (Å²) in [6.45, 7) is 12.6. The van der Waals surface area contributed by atoms with Gasteiger partial charge in [0.25, 0.3) is 11.8 Å². The first kappa shape index (κ1) is 29.7. The van der Waals surface area contributed by atoms with Crippen LogP contribution < -0.4 is 15.0 Å². The van der Waals surface area contributed by atoms with Crippen LogP contribution in [-0.2, 0) is 20.4 Å². The lowest BCUT2D eigenvalue weighted by atomic mass is 9.80. The van der Waals surface area contributed by atoms with Gasteiger partial charge in [0.05, 0.1) is 16.3 Å². The maximum atomic E-state index is 13.1. The summed E-state index contributed by atoms with van der Waals surface area (Å²) in [4.78, 5) is 39.8. The minimum Gasteiger partial charge on any atom is -0.423 e. The second-order valence-electron chi connectivity index (χ2n) is 11.5. The number of nitrogens with zero attached hydrogens (tertiary/aromatic N) is 1. The van der Waals surface area contributed by atoms with E-state index in [0.717, 1.165) is 16.0 Å². The molecule has 0 spiro atoms. The molecule has 2 amide bonds. The van der Waals surface area contributed by atoms with Gasteiger partial charge in [-0.05, 0) is 64.9 Å². The quantitative estimate of drug-likeness (QED) is 0.182. The van der Waals surface area contributed by atoms with Crippen molar-refractivity contribution in [3.8, 4) is 5.75 Å². The Bertz CT molecular complexity index is 1550. The Hall–Kier alpha value is -3.32. The smallest absolute Gasteiger partial charge is 0.343 e. The molecule has 1 N–H and O–H groups in total. The Morgan fingerprint density at radius 2 is 1.45 bits per heavy atom. The number of rotatable bonds is 5. The molecule has 0 bridgehead atoms. The fourth-order valence-corrected chi connectivity index (χ4v) is 4.86. The monoisotopic (exact) mass is 598 g/mol. The molecular weight excluding hydrogens is 571 g/mol. The van der Waals surface area contributed by atoms with Crippen molar-refractivity contribution in [1.29, 1.82) is 0 Å². The molecule has 3 aromatic rings. The van der Waals surface area contributed by atoms with Crippen LogP contribution >= 0.6 is 34.8 Å². The normalized spacial score (nSPS) is 14.2. The highest BCUT2D eigenvalue weighted by Crippen LogP contribution is 2.37. The van der Waals surface area contributed by atoms with Gasteiger partial charge in [0, 0.05) is 16.3 Å². The standard InChI is InChI=1S/C31H29Cl3N2O4/c1-30(2,3)18-9-14-24(21(15-18)31(4,5)6)40-29(39)17-7-11-20(12-8-17)35-26-25(34)27(37)36(28(26)38)23-13-10-19(32)16-22(23)33/h7-16,35H,1-6H3. The maximum absolute atomic E-state index is 13.1. The van der Waals surface area contributed by atoms with E-state index in [1.54, 1.807) is 24.3 Å². The van der Waals surface area contributed by atoms with Gasteiger partial charge in [-0.25, -0.2) is 9.69 Å². The number of esters is 1. The summed E-state index contributed by atoms with van der Waals surface area (Å²) < 4.78 is 5.81. The van der Waals surface area contributed by atoms with Gasteiger partial charge in [0.15, 0.2) is 0 Å². The Labute approximate surface area is 248 Å². The fraction of sp³-hybridized carbons (Fsp3) is 0.258. The zero-order valence-corrected chi connectivity index (χ0v) is 25.3. The summed E-state index contributed by atoms with van der Waals surface area (Å²) in [7, 11) is 0. The van der Waals surface area contributed by atoms with Gasteiger partial charge in [0.1, 0.15) is 16.5 Å². The van der Waals surface area contributed by atoms with E-state index in [0.29, 0.717) is 22.0 Å². The van der Waals surface area contributed by atoms with Crippen molar-refractivity contribution >= 4 is 64.0 Å². The Kier molecular flexibility index (Phi) is 8.10. The molecular formula is C31H29Cl3N2O4. The lowest BCUT2D eigenvalue weighted by molar-refractivity contribution is -0.120. The van der Waals surface area contributed by atoms with Crippen molar-refractivity contribution in [3.63, 3.8) is 0 Å². The second-order valence-corrected chi connectivity index (χ2v) is 12.8. The van der Waals surface area contributed by atoms with E-state index >= 15 is 0 Å². The largest absolute Gasteiger partial charge is 0.423 e. The van der Waals surface area contributed by atoms with E-state index < -0.39 is 17.8 Å². The minimum atomic E-state index is -0.717. The lowest BCUT2D eigenvalue weighted by Gasteiger charge is -2.26. The number of benzene rings is 3. The number of halogens is 3. The molecule has 0 aromatic heterocycles. The number of carbonyl (C=O) groups is 3. The average molecular weight is 600 g/mol. The van der Waals surface area contributed by atoms with Crippen LogP contribution in [0.15, 0.2) is 71.4 Å². The first-order chi connectivity index (χ1) is 18.6. The van der Waals surface area contributed by atoms with Crippen LogP contribution in [0.4, 0.5) is 11.4 Å². The van der Waals surface area contributed by atoms with E-state index in [4.69, 9.17) is 39.5 Å². The predicted molar refractivity (Wildman–Crippen MR) is 161 cm³/mol. The molecule has 0 radical (unpaired) electrons. The average Bonchev–Trinajstić information content (AvgIpc) is 3.06. The van der Waals surface area contributed by atoms with Crippen molar-refractivity contribution < 1.29 is 19.1 Å². The molecule has 1 aliphatic heterocycles. The molecule has 6 nitrogen and oxygen atoms in total. The zero-order valence-electron chi connectivity index (χ0n) is 23.0. The molecule has 0 unspecified atom stereocenters. The molecule has 0 saturated carbocycles. The highest BCUT2D eigenvalue weighted by molar-refractivity contribution is 6.54. The molecule has 0 atom stereocenters. The highest BCUT2D eigenvalue weighted by Gasteiger charge is 2.40. The Morgan fingerprint density at radius 3 is 2.02 bits per heavy atom. The lowest BCUT2D eigenvalue weighted by Crippen LogP contribution is -2.32. The van der Waals surface area contributed by atoms with Crippen LogP contribution in [0.3, 0.4) is 0 Å². The molecule has 0 fully saturated rings. The third-order valence-electron chi connectivity index (χ3n) is 6.42. The maximum Gasteiger partial charge on any atom is 0.343 e. The topological polar surface area (TPSA) is 75.7 Å². The SMILES string of the molecule is CC(C)(C)c1ccc(OC(=O)c2ccc(NC3=C(Cl)C(=O)N(c4ccc(Cl)cc4Cl)C3=O)cc2)c(C(C)(C)C)c1. The number of ether oxygens (including phenoxy) is 1. The third-order valence-corrected chi connectivity index (χ3v) is 7.31. The highest BCUT2D eigenvalue weighted by atomic mass is 35.5. The molecule has 4 rings (SSSR count). The molecule has 0 saturated heterocycles. The number of imide groups is 1. The zero-order chi connectivity index (χ0) is 29.6. The first-order valence-corrected chi connectivity index (χ1v) is 13.7. The van der Waals surface area contributed by atoms with Gasteiger partial charge >= 0.3 is 5.97 Å². The van der Waals surface area contributed by atoms with Gasteiger partial charge in [-0.1, -0.05) is 88.5 Å². The van der Waals surface area contributed by atoms with Crippen molar-refractivity contribution in [2.45, 2.75) is 52.4 Å². The Morgan fingerprint density at radius 1 is 0.800 bits per heavy atom. The number of hydrogen-bond acceptors (Lipinski definition) is 5. The van der Waals surface area contributed by atoms with Crippen molar-refractivity contribution in [3.05, 3.63) is 98.1 Å². The van der Waals surface area contributed by atoms with Crippen LogP contribution in [0.5, 0.6) is 5.75 Å². The van der Waals surface area contributed by atoms with Gasteiger partial charge in [-0.15, -0.1) is 0 Å². The van der Waals surface area contributed by atoms with Crippen LogP contribution in [0.2, 0.25) is 10.0 Å². The van der Waals surface area contributed by atoms with Crippen molar-refractivity contribution in [2.24, 2.45) is 0 Å². The van der Waals surface area contributed by atoms with Gasteiger partial charge < -0.3 is 10.1 Å². The number of nitrogens with one attached hydrogen (secondary N) is 1. The van der Waals surface area contributed by atoms with Gasteiger partial charge in [-0.3, -0.25) is 9.59 Å². The van der Waals surface area contributed by atoms with Crippen molar-refractivity contribution in [1.82, 2.24) is 0 Å². The first-order valence-electron chi connectivity index (χ1n) is 12.6. The van der Waals surface area contributed by atoms with Crippen LogP contribution in [0, 0.1) is 0 Å². The van der Waals surface area contributed by atoms with E-state index in [1.807, 2.05) is 12.1 Å². The number of carbonyl (C=O) groups excluding carboxylic acids is 3. The van der Waals surface area contributed by atoms with E-state index in [1.165, 1.54) is 18.2 Å². The molecule has 208 valence electrons. The number of anilines is 2. The summed E-state index contributed by atoms with van der Waals surface area (Å²) >= 11 is 18.4. The molecule has 1 aliphatic rings. The predicted octanol–water partition coefficient (Wildman–Crippen LogP) is 8.24. The van der Waals surface area contributed by atoms with E-state index in [-0.39, 0.29) is 32.3 Å². The summed E-state index contributed by atoms with van der Waals surface area (Å²) in [5, 5.41) is 3.09. The molecule has 3 aromatic carbocycles. The van der Waals surface area contributed by atoms with Crippen molar-refractivity contribution in [2.75, 3.05) is 10.2 Å². The molecule has 1 heterocycles. The summed E-state index contributed by atoms with van der Waals surface area (Å²) in [5.41, 5.74) is 2.61. The summed E-state index contributed by atoms with van der Waals surface area (Å²) in [5.74, 6) is -1.41. The van der Waals surface area contributed by atoms with Crippen LogP contribution in [0.1, 0.15) is 63.0 Å². The van der Waals surface area contributed by atoms with Crippen LogP contribution in [0.25, 0.3) is 0 Å². The molecule has 0 aliphatic carbocycles. The second kappa shape index (κ2) is 10.9. The van der Waals surface area contributed by atoms with Gasteiger partial charge in [-0.2, -0.15) is 0 Å². The summed E-state index contributed by atoms with van der Waals surface area (Å²) in [6.07, 6.45) is 0. The Balaban J connectivity index is 1.52. The third kappa shape index (κ3) is 6.04. The van der Waals surface area contributed by atoms with E-state index in [2.05, 4.69) is 52.9 Å². The summed E-state index contributed by atoms with van der Waals surface area (Å²) in [6, 6.07) is 16.6. The van der Waals surface area contributed by atoms with E-state index in [9.17, 15) is 14.4 Å². The number of amides is 2.